The summed E-state index contributed by atoms with van der Waals surface area (Å²) in [4.78, 5) is 4.33. The molecule has 6 heteroatoms. The number of nitrogens with zero attached hydrogens (tertiary/aromatic N) is 3. The molecule has 0 spiro atoms. The lowest BCUT2D eigenvalue weighted by Gasteiger charge is -2.22. The summed E-state index contributed by atoms with van der Waals surface area (Å²) in [7, 11) is 0. The highest BCUT2D eigenvalue weighted by Crippen LogP contribution is 2.14. The third-order valence-electron chi connectivity index (χ3n) is 2.71. The van der Waals surface area contributed by atoms with Crippen LogP contribution < -0.4 is 5.32 Å². The van der Waals surface area contributed by atoms with Crippen molar-refractivity contribution < 1.29 is 5.11 Å². The van der Waals surface area contributed by atoms with Crippen LogP contribution in [0.4, 0.5) is 5.95 Å². The van der Waals surface area contributed by atoms with Crippen LogP contribution in [-0.4, -0.2) is 31.9 Å². The number of anilines is 1. The predicted octanol–water partition coefficient (Wildman–Crippen LogP) is 2.45. The van der Waals surface area contributed by atoms with Gasteiger partial charge in [0.25, 0.3) is 0 Å². The fraction of sp³-hybridized carbons (Fsp3) is 0.500. The number of aromatic nitrogens is 3. The summed E-state index contributed by atoms with van der Waals surface area (Å²) in [5.74, 6) is 0.532. The number of nitrogens with one attached hydrogen (secondary N) is 1. The molecule has 0 aliphatic heterocycles. The summed E-state index contributed by atoms with van der Waals surface area (Å²) in [6, 6.07) is 3.80. The molecule has 2 aromatic rings. The fourth-order valence-corrected chi connectivity index (χ4v) is 2.16. The molecule has 2 heterocycles. The van der Waals surface area contributed by atoms with E-state index in [2.05, 4.69) is 38.3 Å². The van der Waals surface area contributed by atoms with Crippen molar-refractivity contribution in [1.29, 1.82) is 0 Å². The molecule has 2 aromatic heterocycles. The molecule has 0 bridgehead atoms. The molecule has 98 valence electrons. The van der Waals surface area contributed by atoms with Gasteiger partial charge in [0.1, 0.15) is 0 Å². The average molecular weight is 313 g/mol. The standard InChI is InChI=1S/C12H17BrN4O/c1-3-6-12(2,18)8-14-11-15-10-5-4-9(13)7-17(10)16-11/h4-5,7,18H,3,6,8H2,1-2H3,(H,14,16). The van der Waals surface area contributed by atoms with Crippen LogP contribution in [0.2, 0.25) is 0 Å². The van der Waals surface area contributed by atoms with Crippen molar-refractivity contribution in [2.45, 2.75) is 32.3 Å². The first-order valence-electron chi connectivity index (χ1n) is 5.98. The molecule has 0 aliphatic rings. The number of fused-ring (bicyclic) bond motifs is 1. The van der Waals surface area contributed by atoms with E-state index in [-0.39, 0.29) is 0 Å². The summed E-state index contributed by atoms with van der Waals surface area (Å²) in [6.07, 6.45) is 3.54. The Hall–Kier alpha value is -1.14. The molecular formula is C12H17BrN4O. The first-order valence-corrected chi connectivity index (χ1v) is 6.78. The van der Waals surface area contributed by atoms with Gasteiger partial charge >= 0.3 is 0 Å². The van der Waals surface area contributed by atoms with Gasteiger partial charge in [-0.25, -0.2) is 4.52 Å². The van der Waals surface area contributed by atoms with E-state index in [0.29, 0.717) is 12.5 Å². The number of hydrogen-bond donors (Lipinski definition) is 2. The molecule has 2 N–H and O–H groups in total. The number of halogens is 1. The minimum absolute atomic E-state index is 0.443. The number of hydrogen-bond acceptors (Lipinski definition) is 4. The number of rotatable bonds is 5. The third-order valence-corrected chi connectivity index (χ3v) is 3.18. The number of pyridine rings is 1. The van der Waals surface area contributed by atoms with Crippen LogP contribution in [0.25, 0.3) is 5.65 Å². The molecule has 0 amide bonds. The molecule has 0 saturated heterocycles. The second-order valence-electron chi connectivity index (χ2n) is 4.69. The first kappa shape index (κ1) is 13.3. The Bertz CT molecular complexity index is 538. The second-order valence-corrected chi connectivity index (χ2v) is 5.60. The summed E-state index contributed by atoms with van der Waals surface area (Å²) >= 11 is 3.38. The zero-order valence-corrected chi connectivity index (χ0v) is 12.1. The maximum atomic E-state index is 10.1. The van der Waals surface area contributed by atoms with E-state index in [1.807, 2.05) is 25.3 Å². The second kappa shape index (κ2) is 5.24. The van der Waals surface area contributed by atoms with Gasteiger partial charge in [-0.1, -0.05) is 13.3 Å². The summed E-state index contributed by atoms with van der Waals surface area (Å²) in [5.41, 5.74) is 0.0446. The Morgan fingerprint density at radius 1 is 1.50 bits per heavy atom. The Balaban J connectivity index is 2.08. The van der Waals surface area contributed by atoms with Crippen molar-refractivity contribution >= 4 is 27.5 Å². The third kappa shape index (κ3) is 3.20. The van der Waals surface area contributed by atoms with Crippen molar-refractivity contribution in [1.82, 2.24) is 14.6 Å². The monoisotopic (exact) mass is 312 g/mol. The van der Waals surface area contributed by atoms with Crippen molar-refractivity contribution in [2.24, 2.45) is 0 Å². The van der Waals surface area contributed by atoms with Gasteiger partial charge < -0.3 is 10.4 Å². The van der Waals surface area contributed by atoms with Crippen LogP contribution in [0.1, 0.15) is 26.7 Å². The van der Waals surface area contributed by atoms with E-state index in [1.54, 1.807) is 4.52 Å². The summed E-state index contributed by atoms with van der Waals surface area (Å²) < 4.78 is 2.64. The van der Waals surface area contributed by atoms with E-state index in [4.69, 9.17) is 0 Å². The molecule has 0 aliphatic carbocycles. The largest absolute Gasteiger partial charge is 0.388 e. The van der Waals surface area contributed by atoms with Gasteiger partial charge in [0.05, 0.1) is 5.60 Å². The zero-order chi connectivity index (χ0) is 13.2. The van der Waals surface area contributed by atoms with Crippen LogP contribution in [0.15, 0.2) is 22.8 Å². The Morgan fingerprint density at radius 2 is 2.28 bits per heavy atom. The minimum atomic E-state index is -0.729. The summed E-state index contributed by atoms with van der Waals surface area (Å²) in [5, 5.41) is 17.4. The molecule has 5 nitrogen and oxygen atoms in total. The highest BCUT2D eigenvalue weighted by Gasteiger charge is 2.19. The van der Waals surface area contributed by atoms with E-state index in [9.17, 15) is 5.11 Å². The minimum Gasteiger partial charge on any atom is -0.388 e. The molecule has 2 rings (SSSR count). The maximum absolute atomic E-state index is 10.1. The molecule has 1 atom stereocenters. The smallest absolute Gasteiger partial charge is 0.243 e. The van der Waals surface area contributed by atoms with Crippen LogP contribution in [0, 0.1) is 0 Å². The quantitative estimate of drug-likeness (QED) is 0.890. The Morgan fingerprint density at radius 3 is 3.00 bits per heavy atom. The van der Waals surface area contributed by atoms with Crippen molar-refractivity contribution in [2.75, 3.05) is 11.9 Å². The van der Waals surface area contributed by atoms with Gasteiger partial charge in [0.2, 0.25) is 5.95 Å². The van der Waals surface area contributed by atoms with Crippen molar-refractivity contribution in [3.05, 3.63) is 22.8 Å². The predicted molar refractivity (Wildman–Crippen MR) is 74.7 cm³/mol. The molecule has 0 saturated carbocycles. The zero-order valence-electron chi connectivity index (χ0n) is 10.5. The van der Waals surface area contributed by atoms with Crippen molar-refractivity contribution in [3.63, 3.8) is 0 Å². The van der Waals surface area contributed by atoms with E-state index >= 15 is 0 Å². The SMILES string of the molecule is CCCC(C)(O)CNc1nc2ccc(Br)cn2n1. The maximum Gasteiger partial charge on any atom is 0.243 e. The van der Waals surface area contributed by atoms with E-state index in [1.165, 1.54) is 0 Å². The normalized spacial score (nSPS) is 14.7. The Labute approximate surface area is 114 Å². The van der Waals surface area contributed by atoms with Gasteiger partial charge in [-0.05, 0) is 41.4 Å². The lowest BCUT2D eigenvalue weighted by Crippen LogP contribution is -2.33. The lowest BCUT2D eigenvalue weighted by atomic mass is 10.0. The van der Waals surface area contributed by atoms with Gasteiger partial charge in [0, 0.05) is 17.2 Å². The fourth-order valence-electron chi connectivity index (χ4n) is 1.83. The highest BCUT2D eigenvalue weighted by molar-refractivity contribution is 9.10. The van der Waals surface area contributed by atoms with Crippen LogP contribution in [0.3, 0.4) is 0 Å². The van der Waals surface area contributed by atoms with Gasteiger partial charge in [0.15, 0.2) is 5.65 Å². The topological polar surface area (TPSA) is 62.5 Å². The molecule has 18 heavy (non-hydrogen) atoms. The number of aliphatic hydroxyl groups is 1. The van der Waals surface area contributed by atoms with E-state index in [0.717, 1.165) is 23.0 Å². The van der Waals surface area contributed by atoms with Gasteiger partial charge in [-0.2, -0.15) is 4.98 Å². The first-order chi connectivity index (χ1) is 8.50. The molecular weight excluding hydrogens is 296 g/mol. The van der Waals surface area contributed by atoms with Crippen LogP contribution in [0.5, 0.6) is 0 Å². The lowest BCUT2D eigenvalue weighted by molar-refractivity contribution is 0.0635. The summed E-state index contributed by atoms with van der Waals surface area (Å²) in [6.45, 7) is 4.31. The van der Waals surface area contributed by atoms with Crippen LogP contribution in [-0.2, 0) is 0 Å². The van der Waals surface area contributed by atoms with Crippen LogP contribution >= 0.6 is 15.9 Å². The molecule has 0 radical (unpaired) electrons. The van der Waals surface area contributed by atoms with E-state index < -0.39 is 5.60 Å². The Kier molecular flexibility index (Phi) is 3.87. The average Bonchev–Trinajstić information content (AvgIpc) is 2.68. The molecule has 1 unspecified atom stereocenters. The molecule has 0 aromatic carbocycles. The molecule has 0 fully saturated rings. The van der Waals surface area contributed by atoms with Gasteiger partial charge in [-0.3, -0.25) is 0 Å². The van der Waals surface area contributed by atoms with Crippen molar-refractivity contribution in [3.8, 4) is 0 Å². The van der Waals surface area contributed by atoms with Gasteiger partial charge in [-0.15, -0.1) is 5.10 Å². The highest BCUT2D eigenvalue weighted by atomic mass is 79.9.